The van der Waals surface area contributed by atoms with Gasteiger partial charge >= 0.3 is 5.97 Å². The number of hydrogen-bond donors (Lipinski definition) is 1. The van der Waals surface area contributed by atoms with Crippen molar-refractivity contribution in [2.45, 2.75) is 132 Å². The summed E-state index contributed by atoms with van der Waals surface area (Å²) in [5, 5.41) is 2.87. The SMILES string of the molecule is CNCC(=O)Oc1c(C)c(C)c2c(c1C)CC[C@@](C)(CCC[C@H](C)CCC[C@H](C)CCCC(C)C)O2. The molecular formula is C32H55NO3. The van der Waals surface area contributed by atoms with E-state index in [1.165, 1.54) is 56.9 Å². The second-order valence-corrected chi connectivity index (χ2v) is 12.4. The highest BCUT2D eigenvalue weighted by atomic mass is 16.5. The van der Waals surface area contributed by atoms with Crippen LogP contribution in [0.5, 0.6) is 11.5 Å². The zero-order valence-electron chi connectivity index (χ0n) is 24.9. The van der Waals surface area contributed by atoms with Crippen LogP contribution in [0.3, 0.4) is 0 Å². The molecule has 0 spiro atoms. The van der Waals surface area contributed by atoms with Crippen LogP contribution in [-0.4, -0.2) is 25.2 Å². The van der Waals surface area contributed by atoms with E-state index >= 15 is 0 Å². The summed E-state index contributed by atoms with van der Waals surface area (Å²) in [5.41, 5.74) is 4.24. The minimum atomic E-state index is -0.251. The first-order valence-corrected chi connectivity index (χ1v) is 14.6. The molecular weight excluding hydrogens is 446 g/mol. The first-order chi connectivity index (χ1) is 17.0. The lowest BCUT2D eigenvalue weighted by Crippen LogP contribution is -2.37. The second-order valence-electron chi connectivity index (χ2n) is 12.4. The van der Waals surface area contributed by atoms with Gasteiger partial charge in [0.25, 0.3) is 0 Å². The Morgan fingerprint density at radius 2 is 1.50 bits per heavy atom. The number of fused-ring (bicyclic) bond motifs is 1. The number of ether oxygens (including phenoxy) is 2. The summed E-state index contributed by atoms with van der Waals surface area (Å²) in [7, 11) is 1.75. The summed E-state index contributed by atoms with van der Waals surface area (Å²) >= 11 is 0. The smallest absolute Gasteiger partial charge is 0.325 e. The van der Waals surface area contributed by atoms with Crippen LogP contribution in [0, 0.1) is 38.5 Å². The molecule has 1 aliphatic rings. The molecule has 1 aromatic carbocycles. The van der Waals surface area contributed by atoms with Crippen molar-refractivity contribution in [1.82, 2.24) is 5.32 Å². The molecule has 0 fully saturated rings. The molecule has 36 heavy (non-hydrogen) atoms. The van der Waals surface area contributed by atoms with E-state index in [0.29, 0.717) is 5.75 Å². The van der Waals surface area contributed by atoms with Crippen LogP contribution in [0.2, 0.25) is 0 Å². The lowest BCUT2D eigenvalue weighted by molar-refractivity contribution is -0.133. The molecule has 1 N–H and O–H groups in total. The Morgan fingerprint density at radius 1 is 0.917 bits per heavy atom. The van der Waals surface area contributed by atoms with E-state index in [2.05, 4.69) is 53.8 Å². The average Bonchev–Trinajstić information content (AvgIpc) is 2.80. The lowest BCUT2D eigenvalue weighted by Gasteiger charge is -2.38. The van der Waals surface area contributed by atoms with Crippen molar-refractivity contribution in [2.24, 2.45) is 17.8 Å². The van der Waals surface area contributed by atoms with Crippen molar-refractivity contribution in [3.05, 3.63) is 22.3 Å². The Labute approximate surface area is 222 Å². The van der Waals surface area contributed by atoms with Gasteiger partial charge in [0.1, 0.15) is 17.1 Å². The maximum Gasteiger partial charge on any atom is 0.325 e. The van der Waals surface area contributed by atoms with Gasteiger partial charge in [0.15, 0.2) is 0 Å². The fourth-order valence-corrected chi connectivity index (χ4v) is 5.71. The predicted molar refractivity (Wildman–Crippen MR) is 152 cm³/mol. The van der Waals surface area contributed by atoms with E-state index < -0.39 is 0 Å². The minimum absolute atomic E-state index is 0.119. The Hall–Kier alpha value is -1.55. The monoisotopic (exact) mass is 501 g/mol. The maximum atomic E-state index is 12.1. The highest BCUT2D eigenvalue weighted by molar-refractivity contribution is 5.76. The van der Waals surface area contributed by atoms with Gasteiger partial charge in [-0.15, -0.1) is 0 Å². The summed E-state index contributed by atoms with van der Waals surface area (Å²) in [6, 6.07) is 0. The molecule has 4 nitrogen and oxygen atoms in total. The molecule has 3 atom stereocenters. The third-order valence-electron chi connectivity index (χ3n) is 8.38. The van der Waals surface area contributed by atoms with Gasteiger partial charge in [-0.3, -0.25) is 4.79 Å². The van der Waals surface area contributed by atoms with Crippen LogP contribution in [0.15, 0.2) is 0 Å². The molecule has 1 aromatic rings. The molecule has 0 radical (unpaired) electrons. The molecule has 4 heteroatoms. The molecule has 0 unspecified atom stereocenters. The molecule has 0 bridgehead atoms. The third-order valence-corrected chi connectivity index (χ3v) is 8.38. The Balaban J connectivity index is 1.85. The van der Waals surface area contributed by atoms with E-state index in [9.17, 15) is 4.79 Å². The second kappa shape index (κ2) is 14.4. The van der Waals surface area contributed by atoms with Crippen LogP contribution in [0.25, 0.3) is 0 Å². The van der Waals surface area contributed by atoms with E-state index in [-0.39, 0.29) is 18.1 Å². The summed E-state index contributed by atoms with van der Waals surface area (Å²) in [5.74, 6) is 3.97. The zero-order valence-corrected chi connectivity index (χ0v) is 24.9. The molecule has 0 aromatic heterocycles. The molecule has 0 saturated carbocycles. The fraction of sp³-hybridized carbons (Fsp3) is 0.781. The van der Waals surface area contributed by atoms with E-state index in [1.54, 1.807) is 7.05 Å². The van der Waals surface area contributed by atoms with Gasteiger partial charge in [0.2, 0.25) is 0 Å². The molecule has 2 rings (SSSR count). The minimum Gasteiger partial charge on any atom is -0.487 e. The first kappa shape index (κ1) is 30.7. The largest absolute Gasteiger partial charge is 0.487 e. The van der Waals surface area contributed by atoms with Crippen LogP contribution in [0.4, 0.5) is 0 Å². The molecule has 1 heterocycles. The first-order valence-electron chi connectivity index (χ1n) is 14.6. The van der Waals surface area contributed by atoms with Gasteiger partial charge in [-0.25, -0.2) is 0 Å². The van der Waals surface area contributed by atoms with Crippen molar-refractivity contribution in [3.8, 4) is 11.5 Å². The van der Waals surface area contributed by atoms with E-state index in [4.69, 9.17) is 9.47 Å². The van der Waals surface area contributed by atoms with Crippen molar-refractivity contribution in [1.29, 1.82) is 0 Å². The van der Waals surface area contributed by atoms with Crippen molar-refractivity contribution in [3.63, 3.8) is 0 Å². The van der Waals surface area contributed by atoms with Gasteiger partial charge in [-0.1, -0.05) is 72.6 Å². The molecule has 206 valence electrons. The average molecular weight is 502 g/mol. The normalized spacial score (nSPS) is 19.1. The number of likely N-dealkylation sites (N-methyl/N-ethyl adjacent to an activating group) is 1. The highest BCUT2D eigenvalue weighted by Crippen LogP contribution is 2.45. The van der Waals surface area contributed by atoms with Crippen LogP contribution in [0.1, 0.15) is 121 Å². The number of hydrogen-bond acceptors (Lipinski definition) is 4. The van der Waals surface area contributed by atoms with Gasteiger partial charge in [-0.2, -0.15) is 0 Å². The van der Waals surface area contributed by atoms with Crippen molar-refractivity contribution < 1.29 is 14.3 Å². The molecule has 0 saturated heterocycles. The standard InChI is InChI=1S/C32H55NO3/c1-22(2)13-10-14-23(3)15-11-16-24(4)17-12-19-32(8)20-18-28-27(7)30(35-29(34)21-33-9)25(5)26(6)31(28)36-32/h22-24,33H,10-21H2,1-9H3/t23-,24-,32-/m1/s1. The number of esters is 1. The van der Waals surface area contributed by atoms with Gasteiger partial charge in [0, 0.05) is 5.56 Å². The zero-order chi connectivity index (χ0) is 26.9. The number of carbonyl (C=O) groups excluding carboxylic acids is 1. The summed E-state index contributed by atoms with van der Waals surface area (Å²) < 4.78 is 12.4. The Morgan fingerprint density at radius 3 is 2.08 bits per heavy atom. The molecule has 0 amide bonds. The van der Waals surface area contributed by atoms with Crippen molar-refractivity contribution >= 4 is 5.97 Å². The van der Waals surface area contributed by atoms with Gasteiger partial charge in [0.05, 0.1) is 6.54 Å². The summed E-state index contributed by atoms with van der Waals surface area (Å²) in [6.07, 6.45) is 13.8. The fourth-order valence-electron chi connectivity index (χ4n) is 5.71. The Bertz CT molecular complexity index is 847. The topological polar surface area (TPSA) is 47.6 Å². The number of carbonyl (C=O) groups is 1. The molecule has 0 aliphatic carbocycles. The lowest BCUT2D eigenvalue weighted by atomic mass is 9.83. The quantitative estimate of drug-likeness (QED) is 0.194. The van der Waals surface area contributed by atoms with E-state index in [1.807, 2.05) is 6.92 Å². The van der Waals surface area contributed by atoms with E-state index in [0.717, 1.165) is 59.5 Å². The van der Waals surface area contributed by atoms with Gasteiger partial charge in [-0.05, 0) is 94.9 Å². The number of benzene rings is 1. The van der Waals surface area contributed by atoms with Crippen LogP contribution < -0.4 is 14.8 Å². The third kappa shape index (κ3) is 9.08. The van der Waals surface area contributed by atoms with Crippen molar-refractivity contribution in [2.75, 3.05) is 13.6 Å². The predicted octanol–water partition coefficient (Wildman–Crippen LogP) is 8.26. The summed E-state index contributed by atoms with van der Waals surface area (Å²) in [4.78, 5) is 12.1. The number of rotatable bonds is 15. The van der Waals surface area contributed by atoms with Crippen LogP contribution >= 0.6 is 0 Å². The number of nitrogens with one attached hydrogen (secondary N) is 1. The Kier molecular flexibility index (Phi) is 12.3. The highest BCUT2D eigenvalue weighted by Gasteiger charge is 2.34. The molecule has 1 aliphatic heterocycles. The van der Waals surface area contributed by atoms with Gasteiger partial charge < -0.3 is 14.8 Å². The summed E-state index contributed by atoms with van der Waals surface area (Å²) in [6.45, 7) is 18.2. The van der Waals surface area contributed by atoms with Crippen LogP contribution in [-0.2, 0) is 11.2 Å². The maximum absolute atomic E-state index is 12.1.